The summed E-state index contributed by atoms with van der Waals surface area (Å²) in [5, 5.41) is 19.4. The van der Waals surface area contributed by atoms with Gasteiger partial charge in [0.25, 0.3) is 5.91 Å². The van der Waals surface area contributed by atoms with Gasteiger partial charge in [-0.15, -0.1) is 0 Å². The van der Waals surface area contributed by atoms with E-state index in [4.69, 9.17) is 14.6 Å². The fourth-order valence-electron chi connectivity index (χ4n) is 4.00. The third-order valence-electron chi connectivity index (χ3n) is 6.15. The molecule has 1 aliphatic rings. The van der Waals surface area contributed by atoms with Crippen molar-refractivity contribution in [3.8, 4) is 5.75 Å². The minimum absolute atomic E-state index is 0.0898. The lowest BCUT2D eigenvalue weighted by Crippen LogP contribution is -2.46. The summed E-state index contributed by atoms with van der Waals surface area (Å²) >= 11 is 0. The highest BCUT2D eigenvalue weighted by Gasteiger charge is 2.38. The van der Waals surface area contributed by atoms with Crippen LogP contribution in [0.15, 0.2) is 66.7 Å². The molecule has 1 aliphatic heterocycles. The zero-order valence-electron chi connectivity index (χ0n) is 21.8. The average molecular weight is 578 g/mol. The summed E-state index contributed by atoms with van der Waals surface area (Å²) in [4.78, 5) is 37.6. The monoisotopic (exact) mass is 577 g/mol. The molecule has 0 atom stereocenters. The van der Waals surface area contributed by atoms with Crippen LogP contribution in [-0.4, -0.2) is 72.4 Å². The molecule has 0 aliphatic carbocycles. The third-order valence-corrected chi connectivity index (χ3v) is 6.15. The Labute approximate surface area is 232 Å². The number of carbonyl (C=O) groups is 3. The van der Waals surface area contributed by atoms with Crippen molar-refractivity contribution >= 4 is 29.2 Å². The van der Waals surface area contributed by atoms with Crippen LogP contribution in [0, 0.1) is 5.82 Å². The summed E-state index contributed by atoms with van der Waals surface area (Å²) < 4.78 is 50.9. The van der Waals surface area contributed by atoms with Crippen LogP contribution in [0.3, 0.4) is 0 Å². The number of nitrogens with zero attached hydrogens (tertiary/aromatic N) is 2. The Morgan fingerprint density at radius 1 is 0.902 bits per heavy atom. The Hall–Kier alpha value is -4.65. The van der Waals surface area contributed by atoms with Crippen LogP contribution in [0.4, 0.5) is 28.9 Å². The number of rotatable bonds is 7. The van der Waals surface area contributed by atoms with Gasteiger partial charge in [0.1, 0.15) is 11.6 Å². The standard InChI is InChI=1S/C26H26FN3O4.C2HF3O2/c1-34-21-9-6-18(7-10-21)25(31)28-23-16-19(26(32)33)8-11-24(23)30-14-12-29(13-15-30)17-20-4-2-3-5-22(20)27;3-2(4,5)1(6)7/h2-11,16H,12-15,17H2,1H3,(H,28,31)(H,32,33);(H,6,7). The predicted octanol–water partition coefficient (Wildman–Crippen LogP) is 4.74. The lowest BCUT2D eigenvalue weighted by Gasteiger charge is -2.37. The summed E-state index contributed by atoms with van der Waals surface area (Å²) in [6.07, 6.45) is -5.08. The van der Waals surface area contributed by atoms with Gasteiger partial charge in [-0.1, -0.05) is 18.2 Å². The van der Waals surface area contributed by atoms with E-state index < -0.39 is 18.1 Å². The average Bonchev–Trinajstić information content (AvgIpc) is 2.94. The van der Waals surface area contributed by atoms with Gasteiger partial charge >= 0.3 is 18.1 Å². The smallest absolute Gasteiger partial charge is 0.490 e. The van der Waals surface area contributed by atoms with Gasteiger partial charge in [0, 0.05) is 43.9 Å². The van der Waals surface area contributed by atoms with E-state index in [0.717, 1.165) is 5.69 Å². The number of hydrogen-bond acceptors (Lipinski definition) is 6. The maximum Gasteiger partial charge on any atom is 0.490 e. The first-order valence-electron chi connectivity index (χ1n) is 12.2. The van der Waals surface area contributed by atoms with Gasteiger partial charge in [0.2, 0.25) is 0 Å². The molecule has 4 rings (SSSR count). The van der Waals surface area contributed by atoms with Crippen LogP contribution < -0.4 is 15.0 Å². The number of amides is 1. The van der Waals surface area contributed by atoms with E-state index in [1.807, 2.05) is 6.07 Å². The predicted molar refractivity (Wildman–Crippen MR) is 142 cm³/mol. The number of aromatic carboxylic acids is 1. The summed E-state index contributed by atoms with van der Waals surface area (Å²) in [6, 6.07) is 18.2. The van der Waals surface area contributed by atoms with Crippen molar-refractivity contribution in [3.05, 3.63) is 89.2 Å². The van der Waals surface area contributed by atoms with Crippen LogP contribution in [-0.2, 0) is 11.3 Å². The van der Waals surface area contributed by atoms with Crippen LogP contribution in [0.5, 0.6) is 5.75 Å². The van der Waals surface area contributed by atoms with E-state index in [1.54, 1.807) is 49.6 Å². The number of halogens is 4. The summed E-state index contributed by atoms with van der Waals surface area (Å²) in [6.45, 7) is 3.26. The molecule has 0 spiro atoms. The van der Waals surface area contributed by atoms with Crippen molar-refractivity contribution in [1.82, 2.24) is 4.90 Å². The van der Waals surface area contributed by atoms with Gasteiger partial charge in [0.05, 0.1) is 24.0 Å². The number of benzene rings is 3. The molecule has 1 heterocycles. The SMILES string of the molecule is COc1ccc(C(=O)Nc2cc(C(=O)O)ccc2N2CCN(Cc3ccccc3F)CC2)cc1.O=C(O)C(F)(F)F. The highest BCUT2D eigenvalue weighted by Crippen LogP contribution is 2.29. The lowest BCUT2D eigenvalue weighted by molar-refractivity contribution is -0.192. The van der Waals surface area contributed by atoms with Crippen molar-refractivity contribution < 1.29 is 46.9 Å². The van der Waals surface area contributed by atoms with Crippen LogP contribution in [0.25, 0.3) is 0 Å². The number of carboxylic acids is 2. The highest BCUT2D eigenvalue weighted by molar-refractivity contribution is 6.06. The number of carbonyl (C=O) groups excluding carboxylic acids is 1. The van der Waals surface area contributed by atoms with Gasteiger partial charge in [-0.25, -0.2) is 14.0 Å². The molecule has 0 saturated carbocycles. The maximum atomic E-state index is 14.0. The molecule has 3 aromatic carbocycles. The summed E-state index contributed by atoms with van der Waals surface area (Å²) in [5.74, 6) is -3.74. The Bertz CT molecular complexity index is 1370. The number of ether oxygens (including phenoxy) is 1. The first-order valence-corrected chi connectivity index (χ1v) is 12.2. The summed E-state index contributed by atoms with van der Waals surface area (Å²) in [7, 11) is 1.55. The van der Waals surface area contributed by atoms with Crippen molar-refractivity contribution in [1.29, 1.82) is 0 Å². The Morgan fingerprint density at radius 3 is 2.02 bits per heavy atom. The molecule has 218 valence electrons. The minimum atomic E-state index is -5.08. The topological polar surface area (TPSA) is 119 Å². The molecule has 41 heavy (non-hydrogen) atoms. The molecule has 0 aromatic heterocycles. The van der Waals surface area contributed by atoms with Crippen LogP contribution >= 0.6 is 0 Å². The molecule has 13 heteroatoms. The van der Waals surface area contributed by atoms with E-state index >= 15 is 0 Å². The van der Waals surface area contributed by atoms with E-state index in [-0.39, 0.29) is 17.3 Å². The second kappa shape index (κ2) is 13.6. The van der Waals surface area contributed by atoms with E-state index in [9.17, 15) is 32.3 Å². The Kier molecular flexibility index (Phi) is 10.3. The quantitative estimate of drug-likeness (QED) is 0.345. The van der Waals surface area contributed by atoms with Crippen molar-refractivity contribution in [2.75, 3.05) is 43.5 Å². The van der Waals surface area contributed by atoms with Crippen molar-refractivity contribution in [3.63, 3.8) is 0 Å². The lowest BCUT2D eigenvalue weighted by atomic mass is 10.1. The number of aliphatic carboxylic acids is 1. The molecule has 1 amide bonds. The van der Waals surface area contributed by atoms with Gasteiger partial charge in [-0.2, -0.15) is 13.2 Å². The zero-order valence-corrected chi connectivity index (χ0v) is 21.8. The molecule has 3 N–H and O–H groups in total. The van der Waals surface area contributed by atoms with Gasteiger partial charge in [-0.3, -0.25) is 9.69 Å². The van der Waals surface area contributed by atoms with Crippen LogP contribution in [0.2, 0.25) is 0 Å². The number of alkyl halides is 3. The Morgan fingerprint density at radius 2 is 1.49 bits per heavy atom. The van der Waals surface area contributed by atoms with E-state index in [2.05, 4.69) is 15.1 Å². The van der Waals surface area contributed by atoms with Crippen molar-refractivity contribution in [2.24, 2.45) is 0 Å². The molecular formula is C28H27F4N3O6. The maximum absolute atomic E-state index is 14.0. The largest absolute Gasteiger partial charge is 0.497 e. The molecule has 0 unspecified atom stereocenters. The molecule has 0 radical (unpaired) electrons. The second-order valence-corrected chi connectivity index (χ2v) is 8.88. The third kappa shape index (κ3) is 8.67. The first kappa shape index (κ1) is 30.9. The van der Waals surface area contributed by atoms with Gasteiger partial charge < -0.3 is 25.2 Å². The highest BCUT2D eigenvalue weighted by atomic mass is 19.4. The normalized spacial score (nSPS) is 13.5. The molecule has 1 fully saturated rings. The molecule has 3 aromatic rings. The molecule has 0 bridgehead atoms. The minimum Gasteiger partial charge on any atom is -0.497 e. The molecule has 1 saturated heterocycles. The van der Waals surface area contributed by atoms with Crippen molar-refractivity contribution in [2.45, 2.75) is 12.7 Å². The van der Waals surface area contributed by atoms with E-state index in [1.165, 1.54) is 18.2 Å². The number of nitrogens with one attached hydrogen (secondary N) is 1. The number of hydrogen-bond donors (Lipinski definition) is 3. The fourth-order valence-corrected chi connectivity index (χ4v) is 4.00. The van der Waals surface area contributed by atoms with Crippen LogP contribution in [0.1, 0.15) is 26.3 Å². The molecular weight excluding hydrogens is 550 g/mol. The fraction of sp³-hybridized carbons (Fsp3) is 0.250. The first-order chi connectivity index (χ1) is 19.4. The molecule has 9 nitrogen and oxygen atoms in total. The zero-order chi connectivity index (χ0) is 30.2. The second-order valence-electron chi connectivity index (χ2n) is 8.88. The number of carboxylic acid groups (broad SMARTS) is 2. The Balaban J connectivity index is 0.000000587. The number of piperazine rings is 1. The summed E-state index contributed by atoms with van der Waals surface area (Å²) in [5.41, 5.74) is 2.36. The van der Waals surface area contributed by atoms with Gasteiger partial charge in [-0.05, 0) is 48.5 Å². The van der Waals surface area contributed by atoms with Gasteiger partial charge in [0.15, 0.2) is 0 Å². The number of methoxy groups -OCH3 is 1. The van der Waals surface area contributed by atoms with E-state index in [0.29, 0.717) is 55.3 Å². The number of anilines is 2.